The number of nitrogens with zero attached hydrogens (tertiary/aromatic N) is 4. The number of fused-ring (bicyclic) bond motifs is 2. The highest BCUT2D eigenvalue weighted by Gasteiger charge is 2.09. The lowest BCUT2D eigenvalue weighted by Gasteiger charge is -2.07. The number of azo groups is 1. The zero-order valence-electron chi connectivity index (χ0n) is 13.5. The molecule has 0 N–H and O–H groups in total. The Balaban J connectivity index is 1.86. The van der Waals surface area contributed by atoms with Crippen LogP contribution in [0.5, 0.6) is 5.75 Å². The number of para-hydroxylation sites is 2. The number of rotatable bonds is 3. The Labute approximate surface area is 139 Å². The van der Waals surface area contributed by atoms with E-state index in [1.807, 2.05) is 72.3 Å². The van der Waals surface area contributed by atoms with Gasteiger partial charge in [0, 0.05) is 12.4 Å². The van der Waals surface area contributed by atoms with Crippen LogP contribution in [0.3, 0.4) is 0 Å². The molecule has 0 aliphatic rings. The first-order chi connectivity index (χ1) is 11.8. The van der Waals surface area contributed by atoms with Crippen molar-refractivity contribution in [1.82, 2.24) is 9.55 Å². The molecule has 0 saturated carbocycles. The fourth-order valence-corrected chi connectivity index (χ4v) is 2.82. The molecule has 1 heterocycles. The predicted octanol–water partition coefficient (Wildman–Crippen LogP) is 5.15. The van der Waals surface area contributed by atoms with Crippen molar-refractivity contribution in [3.05, 3.63) is 60.7 Å². The molecule has 0 saturated heterocycles. The molecule has 3 aromatic carbocycles. The van der Waals surface area contributed by atoms with Crippen molar-refractivity contribution in [2.24, 2.45) is 17.3 Å². The van der Waals surface area contributed by atoms with Crippen LogP contribution >= 0.6 is 0 Å². The fraction of sp³-hybridized carbons (Fsp3) is 0.105. The lowest BCUT2D eigenvalue weighted by atomic mass is 10.1. The van der Waals surface area contributed by atoms with Crippen LogP contribution in [-0.4, -0.2) is 16.7 Å². The predicted molar refractivity (Wildman–Crippen MR) is 95.4 cm³/mol. The standard InChI is InChI=1S/C19H16N4O/c1-23-16-10-6-5-9-15(16)20-19(23)22-21-18-14-8-4-3-7-13(14)11-12-17(18)24-2/h3-12H,1-2H3. The fourth-order valence-electron chi connectivity index (χ4n) is 2.82. The molecule has 4 aromatic rings. The molecule has 118 valence electrons. The van der Waals surface area contributed by atoms with Crippen molar-refractivity contribution in [2.75, 3.05) is 7.11 Å². The first kappa shape index (κ1) is 14.4. The number of aromatic nitrogens is 2. The van der Waals surface area contributed by atoms with Gasteiger partial charge >= 0.3 is 0 Å². The molecule has 0 spiro atoms. The number of benzene rings is 3. The molecule has 0 radical (unpaired) electrons. The van der Waals surface area contributed by atoms with Gasteiger partial charge in [-0.3, -0.25) is 0 Å². The maximum absolute atomic E-state index is 5.45. The van der Waals surface area contributed by atoms with Crippen molar-refractivity contribution in [3.8, 4) is 5.75 Å². The second kappa shape index (κ2) is 5.77. The van der Waals surface area contributed by atoms with Crippen molar-refractivity contribution >= 4 is 33.4 Å². The van der Waals surface area contributed by atoms with Gasteiger partial charge in [0.25, 0.3) is 0 Å². The Morgan fingerprint density at radius 1 is 0.917 bits per heavy atom. The largest absolute Gasteiger partial charge is 0.494 e. The molecular weight excluding hydrogens is 300 g/mol. The molecule has 24 heavy (non-hydrogen) atoms. The molecule has 1 aromatic heterocycles. The Bertz CT molecular complexity index is 1070. The molecule has 0 unspecified atom stereocenters. The van der Waals surface area contributed by atoms with E-state index in [1.54, 1.807) is 7.11 Å². The summed E-state index contributed by atoms with van der Waals surface area (Å²) in [6, 6.07) is 19.9. The summed E-state index contributed by atoms with van der Waals surface area (Å²) in [6.07, 6.45) is 0. The van der Waals surface area contributed by atoms with Crippen molar-refractivity contribution < 1.29 is 4.74 Å². The summed E-state index contributed by atoms with van der Waals surface area (Å²) in [4.78, 5) is 4.52. The molecule has 0 amide bonds. The number of imidazole rings is 1. The summed E-state index contributed by atoms with van der Waals surface area (Å²) in [6.45, 7) is 0. The van der Waals surface area contributed by atoms with Gasteiger partial charge in [0.05, 0.1) is 18.1 Å². The number of ether oxygens (including phenoxy) is 1. The normalized spacial score (nSPS) is 11.6. The smallest absolute Gasteiger partial charge is 0.250 e. The minimum Gasteiger partial charge on any atom is -0.494 e. The summed E-state index contributed by atoms with van der Waals surface area (Å²) < 4.78 is 7.38. The summed E-state index contributed by atoms with van der Waals surface area (Å²) in [5.74, 6) is 1.25. The van der Waals surface area contributed by atoms with E-state index < -0.39 is 0 Å². The Kier molecular flexibility index (Phi) is 3.46. The van der Waals surface area contributed by atoms with Gasteiger partial charge in [0.15, 0.2) is 0 Å². The van der Waals surface area contributed by atoms with Crippen molar-refractivity contribution in [2.45, 2.75) is 0 Å². The average Bonchev–Trinajstić information content (AvgIpc) is 2.96. The Hall–Kier alpha value is -3.21. The van der Waals surface area contributed by atoms with E-state index in [9.17, 15) is 0 Å². The molecule has 4 rings (SSSR count). The van der Waals surface area contributed by atoms with Crippen molar-refractivity contribution in [3.63, 3.8) is 0 Å². The van der Waals surface area contributed by atoms with Crippen LogP contribution in [0.2, 0.25) is 0 Å². The van der Waals surface area contributed by atoms with E-state index >= 15 is 0 Å². The first-order valence-corrected chi connectivity index (χ1v) is 7.67. The van der Waals surface area contributed by atoms with Crippen LogP contribution in [0.25, 0.3) is 21.8 Å². The number of hydrogen-bond donors (Lipinski definition) is 0. The van der Waals surface area contributed by atoms with Gasteiger partial charge < -0.3 is 9.30 Å². The molecule has 0 atom stereocenters. The van der Waals surface area contributed by atoms with Crippen LogP contribution in [0.4, 0.5) is 11.6 Å². The lowest BCUT2D eigenvalue weighted by Crippen LogP contribution is -1.86. The molecule has 0 fully saturated rings. The highest BCUT2D eigenvalue weighted by Crippen LogP contribution is 2.36. The van der Waals surface area contributed by atoms with E-state index in [1.165, 1.54) is 0 Å². The van der Waals surface area contributed by atoms with Gasteiger partial charge in [-0.2, -0.15) is 0 Å². The molecule has 0 bridgehead atoms. The first-order valence-electron chi connectivity index (χ1n) is 7.67. The second-order valence-corrected chi connectivity index (χ2v) is 5.50. The number of methoxy groups -OCH3 is 1. The molecule has 5 heteroatoms. The summed E-state index contributed by atoms with van der Waals surface area (Å²) in [7, 11) is 3.57. The van der Waals surface area contributed by atoms with Crippen LogP contribution in [0.15, 0.2) is 70.9 Å². The van der Waals surface area contributed by atoms with Crippen LogP contribution in [0.1, 0.15) is 0 Å². The van der Waals surface area contributed by atoms with Crippen LogP contribution in [0, 0.1) is 0 Å². The number of hydrogen-bond acceptors (Lipinski definition) is 4. The van der Waals surface area contributed by atoms with E-state index in [4.69, 9.17) is 4.74 Å². The average molecular weight is 316 g/mol. The van der Waals surface area contributed by atoms with Gasteiger partial charge in [0.1, 0.15) is 11.4 Å². The molecule has 5 nitrogen and oxygen atoms in total. The van der Waals surface area contributed by atoms with Crippen molar-refractivity contribution in [1.29, 1.82) is 0 Å². The SMILES string of the molecule is COc1ccc2ccccc2c1N=Nc1nc2ccccc2n1C. The van der Waals surface area contributed by atoms with Crippen LogP contribution < -0.4 is 4.74 Å². The molecule has 0 aliphatic carbocycles. The van der Waals surface area contributed by atoms with E-state index in [0.717, 1.165) is 21.8 Å². The van der Waals surface area contributed by atoms with Crippen LogP contribution in [-0.2, 0) is 7.05 Å². The minimum atomic E-state index is 0.561. The Morgan fingerprint density at radius 3 is 2.54 bits per heavy atom. The zero-order chi connectivity index (χ0) is 16.5. The third-order valence-corrected chi connectivity index (χ3v) is 4.09. The number of aryl methyl sites for hydroxylation is 1. The summed E-state index contributed by atoms with van der Waals surface area (Å²) in [5, 5.41) is 10.9. The Morgan fingerprint density at radius 2 is 1.71 bits per heavy atom. The third-order valence-electron chi connectivity index (χ3n) is 4.09. The topological polar surface area (TPSA) is 51.8 Å². The van der Waals surface area contributed by atoms with E-state index in [2.05, 4.69) is 15.2 Å². The maximum Gasteiger partial charge on any atom is 0.250 e. The zero-order valence-corrected chi connectivity index (χ0v) is 13.5. The lowest BCUT2D eigenvalue weighted by molar-refractivity contribution is 0.416. The summed E-state index contributed by atoms with van der Waals surface area (Å²) >= 11 is 0. The van der Waals surface area contributed by atoms with E-state index in [0.29, 0.717) is 17.4 Å². The quantitative estimate of drug-likeness (QED) is 0.491. The summed E-state index contributed by atoms with van der Waals surface area (Å²) in [5.41, 5.74) is 2.64. The highest BCUT2D eigenvalue weighted by molar-refractivity contribution is 5.95. The van der Waals surface area contributed by atoms with Gasteiger partial charge in [-0.15, -0.1) is 10.2 Å². The van der Waals surface area contributed by atoms with Gasteiger partial charge in [-0.25, -0.2) is 4.98 Å². The highest BCUT2D eigenvalue weighted by atomic mass is 16.5. The third kappa shape index (κ3) is 2.31. The maximum atomic E-state index is 5.45. The molecule has 0 aliphatic heterocycles. The van der Waals surface area contributed by atoms with E-state index in [-0.39, 0.29) is 0 Å². The van der Waals surface area contributed by atoms with Gasteiger partial charge in [-0.1, -0.05) is 42.5 Å². The van der Waals surface area contributed by atoms with Gasteiger partial charge in [-0.05, 0) is 23.6 Å². The molecular formula is C19H16N4O. The van der Waals surface area contributed by atoms with Gasteiger partial charge in [0.2, 0.25) is 5.95 Å². The monoisotopic (exact) mass is 316 g/mol. The minimum absolute atomic E-state index is 0.561. The second-order valence-electron chi connectivity index (χ2n) is 5.50.